The Kier molecular flexibility index (Phi) is 6.57. The van der Waals surface area contributed by atoms with Gasteiger partial charge in [0.1, 0.15) is 0 Å². The summed E-state index contributed by atoms with van der Waals surface area (Å²) in [7, 11) is -3.73. The first-order valence-electron chi connectivity index (χ1n) is 9.86. The van der Waals surface area contributed by atoms with Gasteiger partial charge in [-0.05, 0) is 55.7 Å². The molecule has 0 unspecified atom stereocenters. The molecule has 2 N–H and O–H groups in total. The highest BCUT2D eigenvalue weighted by Gasteiger charge is 2.18. The van der Waals surface area contributed by atoms with E-state index in [1.54, 1.807) is 43.3 Å². The lowest BCUT2D eigenvalue weighted by molar-refractivity contribution is 0.0935. The van der Waals surface area contributed by atoms with Gasteiger partial charge in [-0.2, -0.15) is 0 Å². The molecule has 0 aliphatic rings. The molecule has 0 radical (unpaired) electrons. The van der Waals surface area contributed by atoms with Crippen LogP contribution in [0.4, 0.5) is 5.69 Å². The molecule has 5 nitrogen and oxygen atoms in total. The first-order chi connectivity index (χ1) is 14.3. The molecular formula is C24H26N2O3S. The number of carbonyl (C=O) groups excluding carboxylic acids is 1. The second-order valence-corrected chi connectivity index (χ2v) is 8.98. The van der Waals surface area contributed by atoms with Crippen LogP contribution >= 0.6 is 0 Å². The van der Waals surface area contributed by atoms with Crippen molar-refractivity contribution in [3.8, 4) is 0 Å². The Balaban J connectivity index is 1.81. The zero-order valence-electron chi connectivity index (χ0n) is 17.3. The summed E-state index contributed by atoms with van der Waals surface area (Å²) in [5.41, 5.74) is 3.71. The average molecular weight is 423 g/mol. The lowest BCUT2D eigenvalue weighted by Gasteiger charge is -2.18. The summed E-state index contributed by atoms with van der Waals surface area (Å²) in [4.78, 5) is 13.0. The van der Waals surface area contributed by atoms with Crippen LogP contribution in [0.5, 0.6) is 0 Å². The van der Waals surface area contributed by atoms with Gasteiger partial charge in [-0.3, -0.25) is 9.52 Å². The molecule has 0 aliphatic carbocycles. The molecule has 3 rings (SSSR count). The fraction of sp³-hybridized carbons (Fsp3) is 0.208. The van der Waals surface area contributed by atoms with Gasteiger partial charge >= 0.3 is 0 Å². The normalized spacial score (nSPS) is 12.2. The Morgan fingerprint density at radius 2 is 1.60 bits per heavy atom. The minimum atomic E-state index is -3.73. The molecule has 156 valence electrons. The summed E-state index contributed by atoms with van der Waals surface area (Å²) in [6, 6.07) is 21.1. The standard InChI is InChI=1S/C24H26N2O3S/c1-4-22(19-13-10-17(2)11-14-19)25-24(27)20-15-12-18(3)23(16-20)26-30(28,29)21-8-6-5-7-9-21/h5-16,22,26H,4H2,1-3H3,(H,25,27)/t22-/m1/s1. The number of nitrogens with one attached hydrogen (secondary N) is 2. The van der Waals surface area contributed by atoms with Gasteiger partial charge in [-0.25, -0.2) is 8.42 Å². The molecule has 3 aromatic rings. The number of benzene rings is 3. The van der Waals surface area contributed by atoms with Crippen molar-refractivity contribution in [2.24, 2.45) is 0 Å². The van der Waals surface area contributed by atoms with E-state index in [-0.39, 0.29) is 16.8 Å². The van der Waals surface area contributed by atoms with Crippen molar-refractivity contribution in [2.75, 3.05) is 4.72 Å². The van der Waals surface area contributed by atoms with E-state index in [2.05, 4.69) is 10.0 Å². The predicted molar refractivity (Wildman–Crippen MR) is 120 cm³/mol. The molecule has 0 heterocycles. The van der Waals surface area contributed by atoms with Gasteiger partial charge in [0.2, 0.25) is 0 Å². The third kappa shape index (κ3) is 5.07. The van der Waals surface area contributed by atoms with Crippen molar-refractivity contribution in [1.29, 1.82) is 0 Å². The third-order valence-electron chi connectivity index (χ3n) is 4.99. The van der Waals surface area contributed by atoms with Crippen LogP contribution in [-0.4, -0.2) is 14.3 Å². The molecule has 0 bridgehead atoms. The summed E-state index contributed by atoms with van der Waals surface area (Å²) >= 11 is 0. The van der Waals surface area contributed by atoms with Crippen LogP contribution in [0.2, 0.25) is 0 Å². The van der Waals surface area contributed by atoms with Crippen LogP contribution in [0.15, 0.2) is 77.7 Å². The Bertz CT molecular complexity index is 1120. The maximum absolute atomic E-state index is 12.9. The van der Waals surface area contributed by atoms with Gasteiger partial charge in [0.25, 0.3) is 15.9 Å². The van der Waals surface area contributed by atoms with E-state index in [9.17, 15) is 13.2 Å². The van der Waals surface area contributed by atoms with Crippen molar-refractivity contribution in [3.05, 3.63) is 95.1 Å². The summed E-state index contributed by atoms with van der Waals surface area (Å²) in [5, 5.41) is 3.04. The summed E-state index contributed by atoms with van der Waals surface area (Å²) in [6.07, 6.45) is 0.744. The highest BCUT2D eigenvalue weighted by Crippen LogP contribution is 2.23. The zero-order chi connectivity index (χ0) is 21.7. The number of carbonyl (C=O) groups is 1. The van der Waals surface area contributed by atoms with Crippen LogP contribution in [0.3, 0.4) is 0 Å². The molecular weight excluding hydrogens is 396 g/mol. The molecule has 0 saturated carbocycles. The number of hydrogen-bond donors (Lipinski definition) is 2. The monoisotopic (exact) mass is 422 g/mol. The highest BCUT2D eigenvalue weighted by molar-refractivity contribution is 7.92. The third-order valence-corrected chi connectivity index (χ3v) is 6.37. The fourth-order valence-corrected chi connectivity index (χ4v) is 4.28. The van der Waals surface area contributed by atoms with Crippen molar-refractivity contribution in [3.63, 3.8) is 0 Å². The highest BCUT2D eigenvalue weighted by atomic mass is 32.2. The molecule has 1 amide bonds. The predicted octanol–water partition coefficient (Wildman–Crippen LogP) is 4.99. The number of amides is 1. The minimum absolute atomic E-state index is 0.121. The van der Waals surface area contributed by atoms with Crippen LogP contribution < -0.4 is 10.0 Å². The van der Waals surface area contributed by atoms with Crippen molar-refractivity contribution < 1.29 is 13.2 Å². The Labute approximate surface area is 178 Å². The molecule has 3 aromatic carbocycles. The van der Waals surface area contributed by atoms with Gasteiger partial charge in [-0.1, -0.05) is 61.0 Å². The second-order valence-electron chi connectivity index (χ2n) is 7.29. The van der Waals surface area contributed by atoms with Crippen LogP contribution in [0.25, 0.3) is 0 Å². The first-order valence-corrected chi connectivity index (χ1v) is 11.3. The SMILES string of the molecule is CC[C@@H](NC(=O)c1ccc(C)c(NS(=O)(=O)c2ccccc2)c1)c1ccc(C)cc1. The van der Waals surface area contributed by atoms with Crippen molar-refractivity contribution in [2.45, 2.75) is 38.1 Å². The van der Waals surface area contributed by atoms with E-state index in [1.807, 2.05) is 38.1 Å². The Morgan fingerprint density at radius 3 is 2.23 bits per heavy atom. The molecule has 0 aliphatic heterocycles. The van der Waals surface area contributed by atoms with Crippen molar-refractivity contribution >= 4 is 21.6 Å². The van der Waals surface area contributed by atoms with E-state index < -0.39 is 10.0 Å². The summed E-state index contributed by atoms with van der Waals surface area (Å²) in [6.45, 7) is 5.83. The minimum Gasteiger partial charge on any atom is -0.345 e. The topological polar surface area (TPSA) is 75.3 Å². The van der Waals surface area contributed by atoms with E-state index >= 15 is 0 Å². The Morgan fingerprint density at radius 1 is 0.933 bits per heavy atom. The maximum Gasteiger partial charge on any atom is 0.261 e. The molecule has 0 aromatic heterocycles. The second kappa shape index (κ2) is 9.13. The lowest BCUT2D eigenvalue weighted by atomic mass is 10.0. The first kappa shape index (κ1) is 21.6. The van der Waals surface area contributed by atoms with Gasteiger partial charge in [0.05, 0.1) is 16.6 Å². The van der Waals surface area contributed by atoms with Crippen LogP contribution in [0, 0.1) is 13.8 Å². The number of rotatable bonds is 7. The van der Waals surface area contributed by atoms with Gasteiger partial charge < -0.3 is 5.32 Å². The van der Waals surface area contributed by atoms with Crippen molar-refractivity contribution in [1.82, 2.24) is 5.32 Å². The molecule has 1 atom stereocenters. The maximum atomic E-state index is 12.9. The van der Waals surface area contributed by atoms with Crippen LogP contribution in [0.1, 0.15) is 46.4 Å². The van der Waals surface area contributed by atoms with Gasteiger partial charge in [0.15, 0.2) is 0 Å². The van der Waals surface area contributed by atoms with Gasteiger partial charge in [-0.15, -0.1) is 0 Å². The molecule has 0 spiro atoms. The quantitative estimate of drug-likeness (QED) is 0.563. The summed E-state index contributed by atoms with van der Waals surface area (Å²) in [5.74, 6) is -0.248. The number of sulfonamides is 1. The smallest absolute Gasteiger partial charge is 0.261 e. The van der Waals surface area contributed by atoms with E-state index in [4.69, 9.17) is 0 Å². The zero-order valence-corrected chi connectivity index (χ0v) is 18.2. The van der Waals surface area contributed by atoms with E-state index in [0.717, 1.165) is 23.1 Å². The Hall–Kier alpha value is -3.12. The molecule has 6 heteroatoms. The van der Waals surface area contributed by atoms with E-state index in [0.29, 0.717) is 11.3 Å². The number of aryl methyl sites for hydroxylation is 2. The number of hydrogen-bond acceptors (Lipinski definition) is 3. The largest absolute Gasteiger partial charge is 0.345 e. The number of anilines is 1. The molecule has 0 saturated heterocycles. The lowest BCUT2D eigenvalue weighted by Crippen LogP contribution is -2.28. The molecule has 0 fully saturated rings. The molecule has 30 heavy (non-hydrogen) atoms. The average Bonchev–Trinajstić information content (AvgIpc) is 2.74. The van der Waals surface area contributed by atoms with Gasteiger partial charge in [0, 0.05) is 5.56 Å². The summed E-state index contributed by atoms with van der Waals surface area (Å²) < 4.78 is 27.9. The fourth-order valence-electron chi connectivity index (χ4n) is 3.14. The van der Waals surface area contributed by atoms with Crippen LogP contribution in [-0.2, 0) is 10.0 Å². The van der Waals surface area contributed by atoms with E-state index in [1.165, 1.54) is 12.1 Å².